The van der Waals surface area contributed by atoms with Gasteiger partial charge in [0.2, 0.25) is 11.8 Å². The standard InChI is InChI=1S/C15H26N2O4/c1-13(17-7-3-5-15(17)19)12-21-11-10-20-9-8-16-6-2-4-14(16)18/h13H,2-12H2,1H3. The van der Waals surface area contributed by atoms with E-state index in [1.165, 1.54) is 0 Å². The molecule has 0 aromatic carbocycles. The summed E-state index contributed by atoms with van der Waals surface area (Å²) in [5, 5.41) is 0. The van der Waals surface area contributed by atoms with Gasteiger partial charge in [0.25, 0.3) is 0 Å². The molecule has 21 heavy (non-hydrogen) atoms. The SMILES string of the molecule is CC(COCCOCCN1CCCC1=O)N1CCCC1=O. The van der Waals surface area contributed by atoms with Crippen molar-refractivity contribution in [2.24, 2.45) is 0 Å². The van der Waals surface area contributed by atoms with E-state index in [0.29, 0.717) is 45.8 Å². The van der Waals surface area contributed by atoms with Gasteiger partial charge in [0, 0.05) is 32.5 Å². The molecule has 0 aromatic rings. The topological polar surface area (TPSA) is 59.1 Å². The molecule has 120 valence electrons. The van der Waals surface area contributed by atoms with Gasteiger partial charge in [0.1, 0.15) is 0 Å². The Kier molecular flexibility index (Phi) is 6.45. The van der Waals surface area contributed by atoms with Gasteiger partial charge < -0.3 is 19.3 Å². The molecular weight excluding hydrogens is 272 g/mol. The first kappa shape index (κ1) is 16.2. The van der Waals surface area contributed by atoms with Crippen molar-refractivity contribution in [2.75, 3.05) is 46.1 Å². The molecule has 2 rings (SSSR count). The van der Waals surface area contributed by atoms with Crippen molar-refractivity contribution < 1.29 is 19.1 Å². The summed E-state index contributed by atoms with van der Waals surface area (Å²) < 4.78 is 11.0. The van der Waals surface area contributed by atoms with E-state index in [1.54, 1.807) is 0 Å². The Morgan fingerprint density at radius 1 is 1.00 bits per heavy atom. The number of likely N-dealkylation sites (tertiary alicyclic amines) is 2. The predicted octanol–water partition coefficient (Wildman–Crippen LogP) is 0.653. The largest absolute Gasteiger partial charge is 0.377 e. The number of carbonyl (C=O) groups is 2. The third-order valence-electron chi connectivity index (χ3n) is 4.05. The maximum Gasteiger partial charge on any atom is 0.222 e. The van der Waals surface area contributed by atoms with Crippen LogP contribution < -0.4 is 0 Å². The summed E-state index contributed by atoms with van der Waals surface area (Å²) in [7, 11) is 0. The Bertz CT molecular complexity index is 362. The Morgan fingerprint density at radius 3 is 2.38 bits per heavy atom. The minimum Gasteiger partial charge on any atom is -0.377 e. The third-order valence-corrected chi connectivity index (χ3v) is 4.05. The summed E-state index contributed by atoms with van der Waals surface area (Å²) in [6, 6.07) is 0.141. The lowest BCUT2D eigenvalue weighted by molar-refractivity contribution is -0.131. The van der Waals surface area contributed by atoms with E-state index < -0.39 is 0 Å². The van der Waals surface area contributed by atoms with Crippen LogP contribution in [0.25, 0.3) is 0 Å². The third kappa shape index (κ3) is 4.97. The van der Waals surface area contributed by atoms with Crippen LogP contribution in [-0.2, 0) is 19.1 Å². The minimum atomic E-state index is 0.141. The van der Waals surface area contributed by atoms with Crippen LogP contribution in [0.3, 0.4) is 0 Å². The van der Waals surface area contributed by atoms with E-state index in [1.807, 2.05) is 16.7 Å². The molecule has 2 amide bonds. The molecule has 0 spiro atoms. The average Bonchev–Trinajstić information content (AvgIpc) is 3.06. The summed E-state index contributed by atoms with van der Waals surface area (Å²) >= 11 is 0. The van der Waals surface area contributed by atoms with Gasteiger partial charge in [-0.1, -0.05) is 0 Å². The van der Waals surface area contributed by atoms with Crippen molar-refractivity contribution in [3.05, 3.63) is 0 Å². The number of nitrogens with zero attached hydrogens (tertiary/aromatic N) is 2. The highest BCUT2D eigenvalue weighted by molar-refractivity contribution is 5.78. The monoisotopic (exact) mass is 298 g/mol. The molecule has 1 unspecified atom stereocenters. The predicted molar refractivity (Wildman–Crippen MR) is 77.9 cm³/mol. The van der Waals surface area contributed by atoms with Crippen LogP contribution in [0.4, 0.5) is 0 Å². The normalized spacial score (nSPS) is 20.6. The van der Waals surface area contributed by atoms with Gasteiger partial charge in [-0.3, -0.25) is 9.59 Å². The van der Waals surface area contributed by atoms with Gasteiger partial charge in [0.15, 0.2) is 0 Å². The average molecular weight is 298 g/mol. The maximum atomic E-state index is 11.6. The minimum absolute atomic E-state index is 0.141. The van der Waals surface area contributed by atoms with Crippen molar-refractivity contribution in [3.8, 4) is 0 Å². The maximum absolute atomic E-state index is 11.6. The fourth-order valence-electron chi connectivity index (χ4n) is 2.81. The molecule has 6 heteroatoms. The number of carbonyl (C=O) groups excluding carboxylic acids is 2. The van der Waals surface area contributed by atoms with E-state index in [4.69, 9.17) is 9.47 Å². The quantitative estimate of drug-likeness (QED) is 0.587. The van der Waals surface area contributed by atoms with E-state index in [0.717, 1.165) is 25.9 Å². The van der Waals surface area contributed by atoms with Gasteiger partial charge in [0.05, 0.1) is 32.5 Å². The summed E-state index contributed by atoms with van der Waals surface area (Å²) in [6.45, 7) is 6.59. The van der Waals surface area contributed by atoms with E-state index in [-0.39, 0.29) is 17.9 Å². The Balaban J connectivity index is 1.44. The van der Waals surface area contributed by atoms with Crippen LogP contribution in [0.15, 0.2) is 0 Å². The number of amides is 2. The molecule has 2 heterocycles. The molecule has 0 saturated carbocycles. The lowest BCUT2D eigenvalue weighted by atomic mass is 10.3. The summed E-state index contributed by atoms with van der Waals surface area (Å²) in [4.78, 5) is 26.7. The van der Waals surface area contributed by atoms with Crippen LogP contribution in [0.5, 0.6) is 0 Å². The molecule has 0 radical (unpaired) electrons. The molecule has 2 saturated heterocycles. The van der Waals surface area contributed by atoms with E-state index >= 15 is 0 Å². The molecule has 1 atom stereocenters. The van der Waals surface area contributed by atoms with Crippen LogP contribution in [0.1, 0.15) is 32.6 Å². The van der Waals surface area contributed by atoms with Gasteiger partial charge in [-0.2, -0.15) is 0 Å². The van der Waals surface area contributed by atoms with E-state index in [2.05, 4.69) is 0 Å². The second-order valence-corrected chi connectivity index (χ2v) is 5.71. The van der Waals surface area contributed by atoms with Crippen LogP contribution in [0.2, 0.25) is 0 Å². The molecule has 0 bridgehead atoms. The van der Waals surface area contributed by atoms with Gasteiger partial charge in [-0.25, -0.2) is 0 Å². The highest BCUT2D eigenvalue weighted by Gasteiger charge is 2.24. The number of ether oxygens (including phenoxy) is 2. The van der Waals surface area contributed by atoms with Crippen molar-refractivity contribution in [2.45, 2.75) is 38.6 Å². The number of hydrogen-bond acceptors (Lipinski definition) is 4. The first-order valence-corrected chi connectivity index (χ1v) is 7.91. The number of rotatable bonds is 9. The molecule has 0 aromatic heterocycles. The molecule has 2 aliphatic rings. The first-order chi connectivity index (χ1) is 10.2. The second kappa shape index (κ2) is 8.34. The van der Waals surface area contributed by atoms with Gasteiger partial charge in [-0.15, -0.1) is 0 Å². The molecule has 6 nitrogen and oxygen atoms in total. The van der Waals surface area contributed by atoms with Crippen molar-refractivity contribution >= 4 is 11.8 Å². The lowest BCUT2D eigenvalue weighted by Gasteiger charge is -2.24. The van der Waals surface area contributed by atoms with Crippen LogP contribution in [0, 0.1) is 0 Å². The lowest BCUT2D eigenvalue weighted by Crippen LogP contribution is -2.37. The van der Waals surface area contributed by atoms with Gasteiger partial charge >= 0.3 is 0 Å². The Morgan fingerprint density at radius 2 is 1.71 bits per heavy atom. The summed E-state index contributed by atoms with van der Waals surface area (Å²) in [5.74, 6) is 0.469. The highest BCUT2D eigenvalue weighted by Crippen LogP contribution is 2.13. The zero-order valence-corrected chi connectivity index (χ0v) is 12.9. The summed E-state index contributed by atoms with van der Waals surface area (Å²) in [6.07, 6.45) is 3.27. The second-order valence-electron chi connectivity index (χ2n) is 5.71. The van der Waals surface area contributed by atoms with E-state index in [9.17, 15) is 9.59 Å². The summed E-state index contributed by atoms with van der Waals surface area (Å²) in [5.41, 5.74) is 0. The van der Waals surface area contributed by atoms with Crippen LogP contribution in [-0.4, -0.2) is 73.7 Å². The van der Waals surface area contributed by atoms with Crippen molar-refractivity contribution in [3.63, 3.8) is 0 Å². The van der Waals surface area contributed by atoms with Crippen LogP contribution >= 0.6 is 0 Å². The molecule has 2 aliphatic heterocycles. The molecule has 0 N–H and O–H groups in total. The fourth-order valence-corrected chi connectivity index (χ4v) is 2.81. The zero-order chi connectivity index (χ0) is 15.1. The smallest absolute Gasteiger partial charge is 0.222 e. The molecule has 0 aliphatic carbocycles. The molecular formula is C15H26N2O4. The zero-order valence-electron chi connectivity index (χ0n) is 12.9. The van der Waals surface area contributed by atoms with Crippen molar-refractivity contribution in [1.29, 1.82) is 0 Å². The first-order valence-electron chi connectivity index (χ1n) is 7.91. The Hall–Kier alpha value is -1.14. The highest BCUT2D eigenvalue weighted by atomic mass is 16.5. The molecule has 2 fully saturated rings. The van der Waals surface area contributed by atoms with Gasteiger partial charge in [-0.05, 0) is 19.8 Å². The number of hydrogen-bond donors (Lipinski definition) is 0. The Labute approximate surface area is 126 Å². The van der Waals surface area contributed by atoms with Crippen molar-refractivity contribution in [1.82, 2.24) is 9.80 Å². The fraction of sp³-hybridized carbons (Fsp3) is 0.867.